The average molecular weight is 268 g/mol. The normalized spacial score (nSPS) is 17.4. The van der Waals surface area contributed by atoms with Gasteiger partial charge < -0.3 is 15.4 Å². The van der Waals surface area contributed by atoms with Crippen LogP contribution in [0, 0.1) is 0 Å². The maximum Gasteiger partial charge on any atom is 0.233 e. The number of carbonyl (C=O) groups excluding carboxylic acids is 1. The van der Waals surface area contributed by atoms with Crippen LogP contribution >= 0.6 is 0 Å². The van der Waals surface area contributed by atoms with Crippen molar-refractivity contribution in [1.82, 2.24) is 0 Å². The number of fused-ring (bicyclic) bond motifs is 1. The molecule has 3 rings (SSSR count). The summed E-state index contributed by atoms with van der Waals surface area (Å²) in [6, 6.07) is 15.4. The second-order valence-corrected chi connectivity index (χ2v) is 4.74. The van der Waals surface area contributed by atoms with Gasteiger partial charge in [0.15, 0.2) is 0 Å². The SMILES string of the molecule is COc1ccc2c(c1)NCC(c1ccccc1)C(=O)N2. The lowest BCUT2D eigenvalue weighted by atomic mass is 9.98. The van der Waals surface area contributed by atoms with Crippen molar-refractivity contribution in [2.24, 2.45) is 0 Å². The first-order valence-electron chi connectivity index (χ1n) is 6.55. The first-order chi connectivity index (χ1) is 9.78. The number of carbonyl (C=O) groups is 1. The van der Waals surface area contributed by atoms with E-state index in [0.717, 1.165) is 22.7 Å². The molecule has 0 aromatic heterocycles. The zero-order chi connectivity index (χ0) is 13.9. The van der Waals surface area contributed by atoms with Gasteiger partial charge >= 0.3 is 0 Å². The lowest BCUT2D eigenvalue weighted by molar-refractivity contribution is -0.117. The summed E-state index contributed by atoms with van der Waals surface area (Å²) in [5.74, 6) is 0.575. The highest BCUT2D eigenvalue weighted by Crippen LogP contribution is 2.31. The van der Waals surface area contributed by atoms with Crippen LogP contribution in [0.15, 0.2) is 48.5 Å². The summed E-state index contributed by atoms with van der Waals surface area (Å²) in [6.45, 7) is 0.565. The highest BCUT2D eigenvalue weighted by molar-refractivity contribution is 6.00. The lowest BCUT2D eigenvalue weighted by Crippen LogP contribution is -2.23. The van der Waals surface area contributed by atoms with Crippen molar-refractivity contribution >= 4 is 17.3 Å². The molecular formula is C16H16N2O2. The summed E-state index contributed by atoms with van der Waals surface area (Å²) in [6.07, 6.45) is 0. The van der Waals surface area contributed by atoms with E-state index in [-0.39, 0.29) is 11.8 Å². The molecule has 102 valence electrons. The van der Waals surface area contributed by atoms with Crippen molar-refractivity contribution in [3.8, 4) is 5.75 Å². The van der Waals surface area contributed by atoms with Crippen LogP contribution in [0.5, 0.6) is 5.75 Å². The predicted molar refractivity (Wildman–Crippen MR) is 79.3 cm³/mol. The number of benzene rings is 2. The third-order valence-corrected chi connectivity index (χ3v) is 3.50. The molecule has 0 saturated heterocycles. The number of hydrogen-bond donors (Lipinski definition) is 2. The molecule has 0 aliphatic carbocycles. The first kappa shape index (κ1) is 12.5. The van der Waals surface area contributed by atoms with Gasteiger partial charge in [0, 0.05) is 12.6 Å². The van der Waals surface area contributed by atoms with Crippen molar-refractivity contribution in [2.45, 2.75) is 5.92 Å². The maximum atomic E-state index is 12.3. The van der Waals surface area contributed by atoms with Crippen LogP contribution in [0.3, 0.4) is 0 Å². The van der Waals surface area contributed by atoms with Crippen LogP contribution in [-0.4, -0.2) is 19.6 Å². The molecule has 1 unspecified atom stereocenters. The molecule has 4 nitrogen and oxygen atoms in total. The Hall–Kier alpha value is -2.49. The fourth-order valence-corrected chi connectivity index (χ4v) is 2.38. The van der Waals surface area contributed by atoms with E-state index in [1.54, 1.807) is 7.11 Å². The van der Waals surface area contributed by atoms with E-state index in [0.29, 0.717) is 6.54 Å². The Labute approximate surface area is 117 Å². The summed E-state index contributed by atoms with van der Waals surface area (Å²) in [7, 11) is 1.63. The van der Waals surface area contributed by atoms with E-state index in [1.165, 1.54) is 0 Å². The monoisotopic (exact) mass is 268 g/mol. The smallest absolute Gasteiger partial charge is 0.233 e. The van der Waals surface area contributed by atoms with Crippen LogP contribution < -0.4 is 15.4 Å². The second-order valence-electron chi connectivity index (χ2n) is 4.74. The fourth-order valence-electron chi connectivity index (χ4n) is 2.38. The molecule has 1 heterocycles. The molecule has 0 bridgehead atoms. The predicted octanol–water partition coefficient (Wildman–Crippen LogP) is 2.84. The number of nitrogens with one attached hydrogen (secondary N) is 2. The third kappa shape index (κ3) is 2.32. The van der Waals surface area contributed by atoms with Crippen LogP contribution in [0.4, 0.5) is 11.4 Å². The second kappa shape index (κ2) is 5.25. The van der Waals surface area contributed by atoms with Gasteiger partial charge in [-0.3, -0.25) is 4.79 Å². The largest absolute Gasteiger partial charge is 0.497 e. The van der Waals surface area contributed by atoms with E-state index < -0.39 is 0 Å². The molecule has 2 aromatic carbocycles. The molecule has 4 heteroatoms. The molecular weight excluding hydrogens is 252 g/mol. The highest BCUT2D eigenvalue weighted by Gasteiger charge is 2.24. The number of ether oxygens (including phenoxy) is 1. The van der Waals surface area contributed by atoms with Gasteiger partial charge in [-0.05, 0) is 17.7 Å². The van der Waals surface area contributed by atoms with Crippen LogP contribution in [0.2, 0.25) is 0 Å². The van der Waals surface area contributed by atoms with E-state index in [1.807, 2.05) is 48.5 Å². The minimum atomic E-state index is -0.199. The van der Waals surface area contributed by atoms with Crippen molar-refractivity contribution in [1.29, 1.82) is 0 Å². The summed E-state index contributed by atoms with van der Waals surface area (Å²) in [5, 5.41) is 6.28. The highest BCUT2D eigenvalue weighted by atomic mass is 16.5. The van der Waals surface area contributed by atoms with Crippen LogP contribution in [0.1, 0.15) is 11.5 Å². The summed E-state index contributed by atoms with van der Waals surface area (Å²) < 4.78 is 5.21. The van der Waals surface area contributed by atoms with Crippen molar-refractivity contribution < 1.29 is 9.53 Å². The van der Waals surface area contributed by atoms with Gasteiger partial charge in [0.1, 0.15) is 5.75 Å². The number of hydrogen-bond acceptors (Lipinski definition) is 3. The average Bonchev–Trinajstić information content (AvgIpc) is 2.65. The zero-order valence-corrected chi connectivity index (χ0v) is 11.2. The van der Waals surface area contributed by atoms with E-state index in [9.17, 15) is 4.79 Å². The molecule has 0 fully saturated rings. The number of anilines is 2. The molecule has 2 aromatic rings. The topological polar surface area (TPSA) is 50.4 Å². The third-order valence-electron chi connectivity index (χ3n) is 3.50. The zero-order valence-electron chi connectivity index (χ0n) is 11.2. The van der Waals surface area contributed by atoms with Crippen LogP contribution in [0.25, 0.3) is 0 Å². The Morgan fingerprint density at radius 1 is 1.10 bits per heavy atom. The van der Waals surface area contributed by atoms with Crippen molar-refractivity contribution in [3.05, 3.63) is 54.1 Å². The molecule has 2 N–H and O–H groups in total. The van der Waals surface area contributed by atoms with Gasteiger partial charge in [-0.15, -0.1) is 0 Å². The standard InChI is InChI=1S/C16H16N2O2/c1-20-12-7-8-14-15(9-12)17-10-13(16(19)18-14)11-5-3-2-4-6-11/h2-9,13,17H,10H2,1H3,(H,18,19). The first-order valence-corrected chi connectivity index (χ1v) is 6.55. The van der Waals surface area contributed by atoms with Gasteiger partial charge in [0.05, 0.1) is 24.4 Å². The van der Waals surface area contributed by atoms with E-state index in [4.69, 9.17) is 4.74 Å². The molecule has 0 saturated carbocycles. The summed E-state index contributed by atoms with van der Waals surface area (Å²) in [5.41, 5.74) is 2.68. The Kier molecular flexibility index (Phi) is 3.29. The van der Waals surface area contributed by atoms with Gasteiger partial charge in [-0.2, -0.15) is 0 Å². The Morgan fingerprint density at radius 2 is 1.90 bits per heavy atom. The Bertz CT molecular complexity index is 626. The number of rotatable bonds is 2. The lowest BCUT2D eigenvalue weighted by Gasteiger charge is -2.13. The van der Waals surface area contributed by atoms with Crippen LogP contribution in [-0.2, 0) is 4.79 Å². The maximum absolute atomic E-state index is 12.3. The minimum Gasteiger partial charge on any atom is -0.497 e. The van der Waals surface area contributed by atoms with Gasteiger partial charge in [0.25, 0.3) is 0 Å². The van der Waals surface area contributed by atoms with Gasteiger partial charge in [-0.1, -0.05) is 30.3 Å². The molecule has 1 aliphatic rings. The van der Waals surface area contributed by atoms with Crippen molar-refractivity contribution in [2.75, 3.05) is 24.3 Å². The van der Waals surface area contributed by atoms with Crippen molar-refractivity contribution in [3.63, 3.8) is 0 Å². The molecule has 1 amide bonds. The number of methoxy groups -OCH3 is 1. The Balaban J connectivity index is 1.90. The number of amides is 1. The van der Waals surface area contributed by atoms with E-state index >= 15 is 0 Å². The fraction of sp³-hybridized carbons (Fsp3) is 0.188. The van der Waals surface area contributed by atoms with Gasteiger partial charge in [0.2, 0.25) is 5.91 Å². The van der Waals surface area contributed by atoms with Gasteiger partial charge in [-0.25, -0.2) is 0 Å². The quantitative estimate of drug-likeness (QED) is 0.880. The molecule has 1 atom stereocenters. The van der Waals surface area contributed by atoms with E-state index in [2.05, 4.69) is 10.6 Å². The minimum absolute atomic E-state index is 0.00705. The Morgan fingerprint density at radius 3 is 2.65 bits per heavy atom. The molecule has 1 aliphatic heterocycles. The summed E-state index contributed by atoms with van der Waals surface area (Å²) >= 11 is 0. The molecule has 20 heavy (non-hydrogen) atoms. The molecule has 0 spiro atoms. The molecule has 0 radical (unpaired) electrons. The summed E-state index contributed by atoms with van der Waals surface area (Å²) in [4.78, 5) is 12.3.